The van der Waals surface area contributed by atoms with Crippen LogP contribution in [-0.2, 0) is 10.0 Å². The number of rotatable bonds is 4. The third-order valence-electron chi connectivity index (χ3n) is 4.68. The van der Waals surface area contributed by atoms with Crippen LogP contribution in [0.4, 0.5) is 0 Å². The Morgan fingerprint density at radius 2 is 1.50 bits per heavy atom. The number of benzene rings is 2. The third-order valence-corrected chi connectivity index (χ3v) is 7.40. The van der Waals surface area contributed by atoms with Crippen molar-refractivity contribution in [2.75, 3.05) is 5.33 Å². The van der Waals surface area contributed by atoms with Gasteiger partial charge in [-0.1, -0.05) is 63.5 Å². The molecule has 1 fully saturated rings. The van der Waals surface area contributed by atoms with Crippen molar-refractivity contribution in [2.24, 2.45) is 0 Å². The molecule has 5 heteroatoms. The highest BCUT2D eigenvalue weighted by molar-refractivity contribution is 9.09. The molecule has 1 saturated heterocycles. The smallest absolute Gasteiger partial charge is 0.207 e. The van der Waals surface area contributed by atoms with Gasteiger partial charge < -0.3 is 0 Å². The Bertz CT molecular complexity index is 800. The van der Waals surface area contributed by atoms with E-state index in [1.165, 1.54) is 5.56 Å². The number of sulfonamides is 1. The van der Waals surface area contributed by atoms with Gasteiger partial charge in [-0.15, -0.1) is 0 Å². The molecule has 2 atom stereocenters. The number of hydrogen-bond acceptors (Lipinski definition) is 2. The van der Waals surface area contributed by atoms with Crippen LogP contribution in [0.15, 0.2) is 53.4 Å². The van der Waals surface area contributed by atoms with Crippen molar-refractivity contribution in [3.8, 4) is 0 Å². The maximum Gasteiger partial charge on any atom is 0.243 e. The average Bonchev–Trinajstić information content (AvgIpc) is 3.01. The van der Waals surface area contributed by atoms with Crippen LogP contribution in [0.1, 0.15) is 35.6 Å². The average molecular weight is 408 g/mol. The van der Waals surface area contributed by atoms with E-state index in [0.29, 0.717) is 10.2 Å². The Morgan fingerprint density at radius 3 is 2.04 bits per heavy atom. The lowest BCUT2D eigenvalue weighted by Gasteiger charge is -2.29. The van der Waals surface area contributed by atoms with Gasteiger partial charge in [-0.2, -0.15) is 4.31 Å². The van der Waals surface area contributed by atoms with E-state index in [2.05, 4.69) is 15.9 Å². The van der Waals surface area contributed by atoms with Crippen molar-refractivity contribution in [2.45, 2.75) is 43.7 Å². The fourth-order valence-corrected chi connectivity index (χ4v) is 5.99. The molecule has 0 spiro atoms. The highest BCUT2D eigenvalue weighted by Gasteiger charge is 2.42. The van der Waals surface area contributed by atoms with Crippen LogP contribution in [0.3, 0.4) is 0 Å². The summed E-state index contributed by atoms with van der Waals surface area (Å²) in [5.41, 5.74) is 3.31. The largest absolute Gasteiger partial charge is 0.243 e. The first-order valence-corrected chi connectivity index (χ1v) is 10.7. The number of aryl methyl sites for hydroxylation is 2. The predicted octanol–water partition coefficient (Wildman–Crippen LogP) is 4.59. The lowest BCUT2D eigenvalue weighted by Crippen LogP contribution is -2.38. The molecule has 0 bridgehead atoms. The zero-order valence-electron chi connectivity index (χ0n) is 13.9. The Kier molecular flexibility index (Phi) is 5.13. The molecule has 128 valence electrons. The Balaban J connectivity index is 2.02. The van der Waals surface area contributed by atoms with Crippen molar-refractivity contribution in [3.05, 3.63) is 65.2 Å². The van der Waals surface area contributed by atoms with Gasteiger partial charge in [-0.25, -0.2) is 8.42 Å². The third kappa shape index (κ3) is 3.30. The SMILES string of the molecule is Cc1ccc([C@H]2CC[C@@H](CBr)N2S(=O)(=O)c2ccc(C)cc2)cc1. The molecule has 0 saturated carbocycles. The Labute approximate surface area is 152 Å². The fraction of sp³-hybridized carbons (Fsp3) is 0.368. The lowest BCUT2D eigenvalue weighted by atomic mass is 10.0. The van der Waals surface area contributed by atoms with E-state index >= 15 is 0 Å². The molecule has 2 aromatic rings. The molecular formula is C19H22BrNO2S. The standard InChI is InChI=1S/C19H22BrNO2S/c1-14-3-7-16(8-4-14)19-12-9-17(13-20)21(19)24(22,23)18-10-5-15(2)6-11-18/h3-8,10-11,17,19H,9,12-13H2,1-2H3/t17-,19+/m0/s1. The second-order valence-electron chi connectivity index (χ2n) is 6.46. The predicted molar refractivity (Wildman–Crippen MR) is 101 cm³/mol. The Morgan fingerprint density at radius 1 is 0.958 bits per heavy atom. The number of halogens is 1. The topological polar surface area (TPSA) is 37.4 Å². The number of nitrogens with zero attached hydrogens (tertiary/aromatic N) is 1. The summed E-state index contributed by atoms with van der Waals surface area (Å²) in [6.07, 6.45) is 1.72. The minimum absolute atomic E-state index is 0.0115. The van der Waals surface area contributed by atoms with E-state index in [0.717, 1.165) is 24.0 Å². The minimum atomic E-state index is -3.52. The van der Waals surface area contributed by atoms with Crippen molar-refractivity contribution < 1.29 is 8.42 Å². The van der Waals surface area contributed by atoms with Gasteiger partial charge in [-0.3, -0.25) is 0 Å². The summed E-state index contributed by atoms with van der Waals surface area (Å²) in [5, 5.41) is 0.653. The second kappa shape index (κ2) is 6.98. The summed E-state index contributed by atoms with van der Waals surface area (Å²) in [7, 11) is -3.52. The van der Waals surface area contributed by atoms with Gasteiger partial charge in [0.05, 0.1) is 10.9 Å². The Hall–Kier alpha value is -1.17. The molecule has 0 aliphatic carbocycles. The molecule has 0 unspecified atom stereocenters. The molecule has 0 N–H and O–H groups in total. The summed E-state index contributed by atoms with van der Waals surface area (Å²) in [5.74, 6) is 0. The molecule has 0 aromatic heterocycles. The summed E-state index contributed by atoms with van der Waals surface area (Å²) in [6.45, 7) is 4.00. The summed E-state index contributed by atoms with van der Waals surface area (Å²) in [6, 6.07) is 15.2. The van der Waals surface area contributed by atoms with Crippen LogP contribution in [0, 0.1) is 13.8 Å². The summed E-state index contributed by atoms with van der Waals surface area (Å²) >= 11 is 3.50. The van der Waals surface area contributed by atoms with Gasteiger partial charge in [0.15, 0.2) is 0 Å². The maximum absolute atomic E-state index is 13.3. The van der Waals surface area contributed by atoms with E-state index in [-0.39, 0.29) is 12.1 Å². The first-order chi connectivity index (χ1) is 11.4. The zero-order valence-corrected chi connectivity index (χ0v) is 16.3. The molecule has 0 amide bonds. The highest BCUT2D eigenvalue weighted by Crippen LogP contribution is 2.41. The number of alkyl halides is 1. The zero-order chi connectivity index (χ0) is 17.3. The van der Waals surface area contributed by atoms with Crippen molar-refractivity contribution in [1.29, 1.82) is 0 Å². The van der Waals surface area contributed by atoms with Crippen molar-refractivity contribution >= 4 is 26.0 Å². The number of hydrogen-bond donors (Lipinski definition) is 0. The van der Waals surface area contributed by atoms with Gasteiger partial charge in [0.1, 0.15) is 0 Å². The molecule has 3 nitrogen and oxygen atoms in total. The molecule has 1 aliphatic rings. The van der Waals surface area contributed by atoms with Gasteiger partial charge >= 0.3 is 0 Å². The fourth-order valence-electron chi connectivity index (χ4n) is 3.30. The van der Waals surface area contributed by atoms with Crippen molar-refractivity contribution in [1.82, 2.24) is 4.31 Å². The lowest BCUT2D eigenvalue weighted by molar-refractivity contribution is 0.344. The van der Waals surface area contributed by atoms with Crippen LogP contribution in [-0.4, -0.2) is 24.1 Å². The first-order valence-electron chi connectivity index (χ1n) is 8.16. The first kappa shape index (κ1) is 17.6. The molecule has 3 rings (SSSR count). The van der Waals surface area contributed by atoms with E-state index in [1.807, 2.05) is 50.2 Å². The minimum Gasteiger partial charge on any atom is -0.207 e. The molecular weight excluding hydrogens is 386 g/mol. The van der Waals surface area contributed by atoms with Crippen LogP contribution < -0.4 is 0 Å². The summed E-state index contributed by atoms with van der Waals surface area (Å²) in [4.78, 5) is 0.373. The molecule has 24 heavy (non-hydrogen) atoms. The normalized spacial score (nSPS) is 22.0. The summed E-state index contributed by atoms with van der Waals surface area (Å²) < 4.78 is 28.2. The van der Waals surface area contributed by atoms with Gasteiger partial charge in [0, 0.05) is 11.4 Å². The van der Waals surface area contributed by atoms with Gasteiger partial charge in [-0.05, 0) is 44.4 Å². The van der Waals surface area contributed by atoms with E-state index in [1.54, 1.807) is 16.4 Å². The van der Waals surface area contributed by atoms with Gasteiger partial charge in [0.2, 0.25) is 10.0 Å². The van der Waals surface area contributed by atoms with Gasteiger partial charge in [0.25, 0.3) is 0 Å². The monoisotopic (exact) mass is 407 g/mol. The van der Waals surface area contributed by atoms with E-state index < -0.39 is 10.0 Å². The van der Waals surface area contributed by atoms with Crippen LogP contribution in [0.25, 0.3) is 0 Å². The maximum atomic E-state index is 13.3. The van der Waals surface area contributed by atoms with Crippen LogP contribution in [0.2, 0.25) is 0 Å². The van der Waals surface area contributed by atoms with Crippen LogP contribution >= 0.6 is 15.9 Å². The molecule has 0 radical (unpaired) electrons. The van der Waals surface area contributed by atoms with Crippen LogP contribution in [0.5, 0.6) is 0 Å². The second-order valence-corrected chi connectivity index (χ2v) is 8.95. The quantitative estimate of drug-likeness (QED) is 0.694. The molecule has 1 heterocycles. The highest BCUT2D eigenvalue weighted by atomic mass is 79.9. The van der Waals surface area contributed by atoms with Crippen molar-refractivity contribution in [3.63, 3.8) is 0 Å². The molecule has 1 aliphatic heterocycles. The van der Waals surface area contributed by atoms with E-state index in [9.17, 15) is 8.42 Å². The molecule has 2 aromatic carbocycles. The van der Waals surface area contributed by atoms with E-state index in [4.69, 9.17) is 0 Å².